The minimum absolute atomic E-state index is 0.0249. The molecule has 1 saturated heterocycles. The molecule has 2 amide bonds. The van der Waals surface area contributed by atoms with E-state index in [9.17, 15) is 9.18 Å². The van der Waals surface area contributed by atoms with Gasteiger partial charge in [0.15, 0.2) is 0 Å². The molecule has 2 unspecified atom stereocenters. The Balaban J connectivity index is 1.33. The van der Waals surface area contributed by atoms with Gasteiger partial charge in [-0.3, -0.25) is 0 Å². The Kier molecular flexibility index (Phi) is 4.38. The summed E-state index contributed by atoms with van der Waals surface area (Å²) in [6.45, 7) is 2.37. The molecule has 1 aromatic carbocycles. The van der Waals surface area contributed by atoms with Gasteiger partial charge in [0.1, 0.15) is 18.0 Å². The molecule has 4 rings (SSSR count). The van der Waals surface area contributed by atoms with Crippen LogP contribution in [-0.2, 0) is 13.0 Å². The van der Waals surface area contributed by atoms with Crippen molar-refractivity contribution in [3.63, 3.8) is 0 Å². The molecule has 0 aliphatic carbocycles. The molecule has 2 aliphatic heterocycles. The molecule has 7 heteroatoms. The number of aromatic nitrogens is 3. The lowest BCUT2D eigenvalue weighted by atomic mass is 9.99. The lowest BCUT2D eigenvalue weighted by Gasteiger charge is -2.26. The van der Waals surface area contributed by atoms with E-state index in [-0.39, 0.29) is 17.9 Å². The topological polar surface area (TPSA) is 63.1 Å². The second-order valence-corrected chi connectivity index (χ2v) is 6.92. The highest BCUT2D eigenvalue weighted by atomic mass is 19.1. The highest BCUT2D eigenvalue weighted by Gasteiger charge is 2.30. The van der Waals surface area contributed by atoms with E-state index in [2.05, 4.69) is 15.4 Å². The number of benzene rings is 1. The van der Waals surface area contributed by atoms with Crippen molar-refractivity contribution in [2.75, 3.05) is 13.1 Å². The van der Waals surface area contributed by atoms with Crippen LogP contribution in [0, 0.1) is 11.7 Å². The quantitative estimate of drug-likeness (QED) is 0.931. The van der Waals surface area contributed by atoms with Gasteiger partial charge in [-0.05, 0) is 49.3 Å². The van der Waals surface area contributed by atoms with Crippen molar-refractivity contribution >= 4 is 6.03 Å². The summed E-state index contributed by atoms with van der Waals surface area (Å²) in [5.41, 5.74) is 1.12. The van der Waals surface area contributed by atoms with Gasteiger partial charge >= 0.3 is 6.03 Å². The monoisotopic (exact) mass is 343 g/mol. The normalized spacial score (nSPS) is 22.7. The summed E-state index contributed by atoms with van der Waals surface area (Å²) in [5.74, 6) is 1.06. The van der Waals surface area contributed by atoms with Gasteiger partial charge in [0, 0.05) is 19.6 Å². The fourth-order valence-electron chi connectivity index (χ4n) is 3.80. The van der Waals surface area contributed by atoms with Crippen molar-refractivity contribution in [2.45, 2.75) is 38.3 Å². The Labute approximate surface area is 146 Å². The molecule has 0 bridgehead atoms. The predicted molar refractivity (Wildman–Crippen MR) is 90.3 cm³/mol. The average Bonchev–Trinajstić information content (AvgIpc) is 3.27. The number of rotatable bonds is 3. The Hall–Kier alpha value is -2.44. The van der Waals surface area contributed by atoms with Crippen LogP contribution in [-0.4, -0.2) is 38.8 Å². The molecular formula is C18H22FN5O. The van der Waals surface area contributed by atoms with Gasteiger partial charge in [-0.15, -0.1) is 0 Å². The summed E-state index contributed by atoms with van der Waals surface area (Å²) in [5, 5.41) is 7.30. The van der Waals surface area contributed by atoms with E-state index in [1.54, 1.807) is 6.33 Å². The standard InChI is InChI=1S/C18H22FN5O/c19-15-5-3-13(4-6-15)10-14-7-9-23(11-14)18(25)22-16-2-1-8-24-17(16)20-12-21-24/h3-6,12,14,16H,1-2,7-11H2,(H,22,25). The largest absolute Gasteiger partial charge is 0.328 e. The van der Waals surface area contributed by atoms with Crippen molar-refractivity contribution in [3.05, 3.63) is 47.8 Å². The number of nitrogens with zero attached hydrogens (tertiary/aromatic N) is 4. The van der Waals surface area contributed by atoms with E-state index in [1.165, 1.54) is 12.1 Å². The van der Waals surface area contributed by atoms with E-state index >= 15 is 0 Å². The van der Waals surface area contributed by atoms with Crippen LogP contribution in [0.25, 0.3) is 0 Å². The molecule has 1 N–H and O–H groups in total. The summed E-state index contributed by atoms with van der Waals surface area (Å²) in [6.07, 6.45) is 5.30. The Morgan fingerprint density at radius 3 is 2.92 bits per heavy atom. The van der Waals surface area contributed by atoms with Crippen LogP contribution in [0.15, 0.2) is 30.6 Å². The van der Waals surface area contributed by atoms with Crippen molar-refractivity contribution in [2.24, 2.45) is 5.92 Å². The second-order valence-electron chi connectivity index (χ2n) is 6.92. The third-order valence-electron chi connectivity index (χ3n) is 5.13. The molecule has 6 nitrogen and oxygen atoms in total. The van der Waals surface area contributed by atoms with Gasteiger partial charge in [0.25, 0.3) is 0 Å². The number of amides is 2. The Bertz CT molecular complexity index is 744. The molecule has 0 saturated carbocycles. The van der Waals surface area contributed by atoms with E-state index < -0.39 is 0 Å². The minimum atomic E-state index is -0.212. The van der Waals surface area contributed by atoms with Crippen LogP contribution in [0.4, 0.5) is 9.18 Å². The first-order valence-corrected chi connectivity index (χ1v) is 8.86. The predicted octanol–water partition coefficient (Wildman–Crippen LogP) is 2.53. The number of likely N-dealkylation sites (tertiary alicyclic amines) is 1. The number of hydrogen-bond acceptors (Lipinski definition) is 3. The maximum Gasteiger partial charge on any atom is 0.317 e. The number of hydrogen-bond donors (Lipinski definition) is 1. The first-order valence-electron chi connectivity index (χ1n) is 8.86. The van der Waals surface area contributed by atoms with Gasteiger partial charge in [-0.2, -0.15) is 5.10 Å². The molecule has 1 aromatic heterocycles. The van der Waals surface area contributed by atoms with E-state index in [4.69, 9.17) is 0 Å². The van der Waals surface area contributed by atoms with E-state index in [0.29, 0.717) is 5.92 Å². The molecule has 2 aromatic rings. The molecule has 3 heterocycles. The van der Waals surface area contributed by atoms with Crippen LogP contribution >= 0.6 is 0 Å². The Morgan fingerprint density at radius 1 is 1.24 bits per heavy atom. The van der Waals surface area contributed by atoms with Crippen molar-refractivity contribution in [1.82, 2.24) is 25.0 Å². The summed E-state index contributed by atoms with van der Waals surface area (Å²) < 4.78 is 14.9. The summed E-state index contributed by atoms with van der Waals surface area (Å²) in [6, 6.07) is 6.56. The summed E-state index contributed by atoms with van der Waals surface area (Å²) in [4.78, 5) is 18.8. The van der Waals surface area contributed by atoms with Gasteiger partial charge < -0.3 is 10.2 Å². The van der Waals surface area contributed by atoms with E-state index in [1.807, 2.05) is 21.7 Å². The van der Waals surface area contributed by atoms with E-state index in [0.717, 1.165) is 56.7 Å². The van der Waals surface area contributed by atoms with Crippen LogP contribution in [0.1, 0.15) is 36.7 Å². The number of carbonyl (C=O) groups excluding carboxylic acids is 1. The lowest BCUT2D eigenvalue weighted by molar-refractivity contribution is 0.199. The van der Waals surface area contributed by atoms with Gasteiger partial charge in [-0.1, -0.05) is 12.1 Å². The summed E-state index contributed by atoms with van der Waals surface area (Å²) >= 11 is 0. The second kappa shape index (κ2) is 6.82. The Morgan fingerprint density at radius 2 is 2.08 bits per heavy atom. The third-order valence-corrected chi connectivity index (χ3v) is 5.13. The van der Waals surface area contributed by atoms with Gasteiger partial charge in [0.05, 0.1) is 6.04 Å². The molecule has 25 heavy (non-hydrogen) atoms. The van der Waals surface area contributed by atoms with Crippen molar-refractivity contribution in [3.8, 4) is 0 Å². The van der Waals surface area contributed by atoms with Gasteiger partial charge in [0.2, 0.25) is 0 Å². The maximum atomic E-state index is 13.0. The highest BCUT2D eigenvalue weighted by Crippen LogP contribution is 2.24. The van der Waals surface area contributed by atoms with Gasteiger partial charge in [-0.25, -0.2) is 18.9 Å². The van der Waals surface area contributed by atoms with Crippen molar-refractivity contribution < 1.29 is 9.18 Å². The van der Waals surface area contributed by atoms with Crippen LogP contribution in [0.5, 0.6) is 0 Å². The first-order chi connectivity index (χ1) is 12.2. The van der Waals surface area contributed by atoms with Crippen molar-refractivity contribution in [1.29, 1.82) is 0 Å². The fraction of sp³-hybridized carbons (Fsp3) is 0.500. The zero-order valence-electron chi connectivity index (χ0n) is 14.1. The zero-order chi connectivity index (χ0) is 17.2. The number of nitrogens with one attached hydrogen (secondary N) is 1. The average molecular weight is 343 g/mol. The smallest absolute Gasteiger partial charge is 0.317 e. The highest BCUT2D eigenvalue weighted by molar-refractivity contribution is 5.75. The molecule has 2 aliphatic rings. The van der Waals surface area contributed by atoms with Crippen LogP contribution < -0.4 is 5.32 Å². The zero-order valence-corrected chi connectivity index (χ0v) is 14.1. The molecule has 132 valence electrons. The number of carbonyl (C=O) groups is 1. The molecule has 2 atom stereocenters. The number of urea groups is 1. The molecule has 0 radical (unpaired) electrons. The molecule has 0 spiro atoms. The summed E-state index contributed by atoms with van der Waals surface area (Å²) in [7, 11) is 0. The number of fused-ring (bicyclic) bond motifs is 1. The lowest BCUT2D eigenvalue weighted by Crippen LogP contribution is -2.42. The molecule has 1 fully saturated rings. The minimum Gasteiger partial charge on any atom is -0.328 e. The SMILES string of the molecule is O=C(NC1CCCn2ncnc21)N1CCC(Cc2ccc(F)cc2)C1. The fourth-order valence-corrected chi connectivity index (χ4v) is 3.80. The van der Waals surface area contributed by atoms with Crippen LogP contribution in [0.3, 0.4) is 0 Å². The first kappa shape index (κ1) is 16.1. The number of halogens is 1. The maximum absolute atomic E-state index is 13.0. The third kappa shape index (κ3) is 3.50. The van der Waals surface area contributed by atoms with Crippen LogP contribution in [0.2, 0.25) is 0 Å². The number of aryl methyl sites for hydroxylation is 1. The molecular weight excluding hydrogens is 321 g/mol.